The zero-order valence-corrected chi connectivity index (χ0v) is 16.4. The summed E-state index contributed by atoms with van der Waals surface area (Å²) in [6, 6.07) is 1.96. The van der Waals surface area contributed by atoms with Gasteiger partial charge in [-0.25, -0.2) is 0 Å². The predicted molar refractivity (Wildman–Crippen MR) is 99.7 cm³/mol. The molecule has 0 aliphatic carbocycles. The summed E-state index contributed by atoms with van der Waals surface area (Å²) < 4.78 is 5.26. The molecule has 0 bridgehead atoms. The first-order valence-electron chi connectivity index (χ1n) is 8.18. The van der Waals surface area contributed by atoms with Crippen LogP contribution in [0, 0.1) is 12.3 Å². The van der Waals surface area contributed by atoms with Gasteiger partial charge >= 0.3 is 0 Å². The van der Waals surface area contributed by atoms with Gasteiger partial charge in [-0.15, -0.1) is 24.8 Å². The Hall–Kier alpha value is -0.820. The van der Waals surface area contributed by atoms with E-state index in [9.17, 15) is 4.79 Å². The van der Waals surface area contributed by atoms with Gasteiger partial charge in [-0.2, -0.15) is 0 Å². The number of nitrogens with zero attached hydrogens (tertiary/aromatic N) is 3. The van der Waals surface area contributed by atoms with E-state index in [1.54, 1.807) is 0 Å². The fraction of sp³-hybridized carbons (Fsp3) is 0.750. The van der Waals surface area contributed by atoms with Crippen molar-refractivity contribution in [1.29, 1.82) is 0 Å². The highest BCUT2D eigenvalue weighted by molar-refractivity contribution is 5.85. The zero-order valence-electron chi connectivity index (χ0n) is 14.8. The van der Waals surface area contributed by atoms with Crippen LogP contribution in [-0.4, -0.2) is 53.6 Å². The predicted octanol–water partition coefficient (Wildman–Crippen LogP) is 2.24. The summed E-state index contributed by atoms with van der Waals surface area (Å²) in [5.74, 6) is 1.10. The van der Waals surface area contributed by atoms with Crippen molar-refractivity contribution < 1.29 is 9.32 Å². The topological polar surface area (TPSA) is 75.6 Å². The van der Waals surface area contributed by atoms with Crippen LogP contribution < -0.4 is 5.73 Å². The molecule has 1 aromatic rings. The van der Waals surface area contributed by atoms with Gasteiger partial charge in [0.2, 0.25) is 5.91 Å². The van der Waals surface area contributed by atoms with Crippen LogP contribution in [0.2, 0.25) is 0 Å². The first-order chi connectivity index (χ1) is 10.5. The van der Waals surface area contributed by atoms with Crippen molar-refractivity contribution in [2.24, 2.45) is 11.1 Å². The van der Waals surface area contributed by atoms with E-state index >= 15 is 0 Å². The molecular weight excluding hydrogens is 351 g/mol. The minimum absolute atomic E-state index is 0. The van der Waals surface area contributed by atoms with Crippen LogP contribution in [0.4, 0.5) is 0 Å². The Balaban J connectivity index is 0.00000264. The highest BCUT2D eigenvalue weighted by Gasteiger charge is 2.37. The average Bonchev–Trinajstić information content (AvgIpc) is 2.95. The second-order valence-electron chi connectivity index (χ2n) is 6.19. The number of hydrogen-bond donors (Lipinski definition) is 1. The number of piperazine rings is 1. The fourth-order valence-corrected chi connectivity index (χ4v) is 3.08. The standard InChI is InChI=1S/C16H28N4O2.2ClH/c1-4-16(5-2,12-17)15(21)20-8-6-19(7-9-20)11-14-10-13(3)18-22-14;;/h10H,4-9,11-12,17H2,1-3H3;2*1H. The van der Waals surface area contributed by atoms with Gasteiger partial charge < -0.3 is 15.2 Å². The lowest BCUT2D eigenvalue weighted by molar-refractivity contribution is -0.144. The van der Waals surface area contributed by atoms with Crippen molar-refractivity contribution in [1.82, 2.24) is 15.0 Å². The minimum atomic E-state index is -0.385. The highest BCUT2D eigenvalue weighted by Crippen LogP contribution is 2.28. The summed E-state index contributed by atoms with van der Waals surface area (Å²) in [4.78, 5) is 17.1. The van der Waals surface area contributed by atoms with Crippen molar-refractivity contribution in [2.75, 3.05) is 32.7 Å². The number of aromatic nitrogens is 1. The number of halogens is 2. The Morgan fingerprint density at radius 3 is 2.25 bits per heavy atom. The number of amides is 1. The molecule has 1 aliphatic heterocycles. The normalized spacial score (nSPS) is 15.6. The fourth-order valence-electron chi connectivity index (χ4n) is 3.08. The highest BCUT2D eigenvalue weighted by atomic mass is 35.5. The molecule has 2 heterocycles. The summed E-state index contributed by atoms with van der Waals surface area (Å²) >= 11 is 0. The van der Waals surface area contributed by atoms with E-state index in [0.717, 1.165) is 57.0 Å². The molecule has 1 aliphatic rings. The third kappa shape index (κ3) is 5.09. The third-order valence-corrected chi connectivity index (χ3v) is 4.91. The van der Waals surface area contributed by atoms with Crippen LogP contribution in [0.3, 0.4) is 0 Å². The molecule has 6 nitrogen and oxygen atoms in total. The van der Waals surface area contributed by atoms with E-state index < -0.39 is 0 Å². The first kappa shape index (κ1) is 23.2. The van der Waals surface area contributed by atoms with E-state index in [-0.39, 0.29) is 36.1 Å². The summed E-state index contributed by atoms with van der Waals surface area (Å²) in [5.41, 5.74) is 6.41. The van der Waals surface area contributed by atoms with Crippen LogP contribution >= 0.6 is 24.8 Å². The molecule has 2 rings (SSSR count). The summed E-state index contributed by atoms with van der Waals surface area (Å²) in [7, 11) is 0. The Labute approximate surface area is 156 Å². The lowest BCUT2D eigenvalue weighted by atomic mass is 9.81. The maximum absolute atomic E-state index is 12.8. The summed E-state index contributed by atoms with van der Waals surface area (Å²) in [6.45, 7) is 10.4. The number of rotatable bonds is 6. The quantitative estimate of drug-likeness (QED) is 0.818. The van der Waals surface area contributed by atoms with E-state index in [4.69, 9.17) is 10.3 Å². The van der Waals surface area contributed by atoms with Gasteiger partial charge in [0.25, 0.3) is 0 Å². The van der Waals surface area contributed by atoms with Crippen molar-refractivity contribution in [3.05, 3.63) is 17.5 Å². The zero-order chi connectivity index (χ0) is 16.2. The van der Waals surface area contributed by atoms with Crippen LogP contribution in [0.5, 0.6) is 0 Å². The molecule has 1 fully saturated rings. The van der Waals surface area contributed by atoms with Crippen LogP contribution in [-0.2, 0) is 11.3 Å². The number of carbonyl (C=O) groups is 1. The first-order valence-corrected chi connectivity index (χ1v) is 8.18. The second-order valence-corrected chi connectivity index (χ2v) is 6.19. The van der Waals surface area contributed by atoms with E-state index in [2.05, 4.69) is 23.9 Å². The molecule has 2 N–H and O–H groups in total. The molecule has 8 heteroatoms. The van der Waals surface area contributed by atoms with Gasteiger partial charge in [-0.1, -0.05) is 19.0 Å². The molecular formula is C16H30Cl2N4O2. The van der Waals surface area contributed by atoms with E-state index in [1.165, 1.54) is 0 Å². The van der Waals surface area contributed by atoms with Crippen molar-refractivity contribution in [3.8, 4) is 0 Å². The molecule has 0 aromatic carbocycles. The minimum Gasteiger partial charge on any atom is -0.360 e. The van der Waals surface area contributed by atoms with Gasteiger partial charge in [-0.3, -0.25) is 9.69 Å². The van der Waals surface area contributed by atoms with E-state index in [0.29, 0.717) is 6.54 Å². The van der Waals surface area contributed by atoms with Gasteiger partial charge in [0.05, 0.1) is 17.7 Å². The molecule has 1 amide bonds. The molecule has 1 aromatic heterocycles. The van der Waals surface area contributed by atoms with Crippen molar-refractivity contribution in [3.63, 3.8) is 0 Å². The molecule has 1 saturated heterocycles. The largest absolute Gasteiger partial charge is 0.360 e. The molecule has 140 valence electrons. The Morgan fingerprint density at radius 1 is 1.25 bits per heavy atom. The molecule has 0 atom stereocenters. The molecule has 0 saturated carbocycles. The summed E-state index contributed by atoms with van der Waals surface area (Å²) in [5, 5.41) is 3.91. The molecule has 0 unspecified atom stereocenters. The van der Waals surface area contributed by atoms with Crippen molar-refractivity contribution in [2.45, 2.75) is 40.2 Å². The third-order valence-electron chi connectivity index (χ3n) is 4.91. The van der Waals surface area contributed by atoms with Gasteiger partial charge in [0.15, 0.2) is 5.76 Å². The van der Waals surface area contributed by atoms with Gasteiger partial charge in [0, 0.05) is 38.8 Å². The number of hydrogen-bond acceptors (Lipinski definition) is 5. The number of aryl methyl sites for hydroxylation is 1. The molecule has 0 radical (unpaired) electrons. The Kier molecular flexibility index (Phi) is 9.88. The van der Waals surface area contributed by atoms with E-state index in [1.807, 2.05) is 17.9 Å². The average molecular weight is 381 g/mol. The lowest BCUT2D eigenvalue weighted by Gasteiger charge is -2.40. The van der Waals surface area contributed by atoms with Crippen LogP contribution in [0.25, 0.3) is 0 Å². The Bertz CT molecular complexity index is 490. The molecule has 24 heavy (non-hydrogen) atoms. The smallest absolute Gasteiger partial charge is 0.230 e. The SMILES string of the molecule is CCC(CC)(CN)C(=O)N1CCN(Cc2cc(C)no2)CC1.Cl.Cl. The van der Waals surface area contributed by atoms with Gasteiger partial charge in [-0.05, 0) is 19.8 Å². The van der Waals surface area contributed by atoms with Crippen LogP contribution in [0.1, 0.15) is 38.1 Å². The number of carbonyl (C=O) groups excluding carboxylic acids is 1. The molecule has 0 spiro atoms. The monoisotopic (exact) mass is 380 g/mol. The van der Waals surface area contributed by atoms with Crippen LogP contribution in [0.15, 0.2) is 10.6 Å². The maximum Gasteiger partial charge on any atom is 0.230 e. The van der Waals surface area contributed by atoms with Gasteiger partial charge in [0.1, 0.15) is 0 Å². The number of nitrogens with two attached hydrogens (primary N) is 1. The Morgan fingerprint density at radius 2 is 1.83 bits per heavy atom. The lowest BCUT2D eigenvalue weighted by Crippen LogP contribution is -2.54. The maximum atomic E-state index is 12.8. The second kappa shape index (κ2) is 10.2. The van der Waals surface area contributed by atoms with Crippen molar-refractivity contribution >= 4 is 30.7 Å². The summed E-state index contributed by atoms with van der Waals surface area (Å²) in [6.07, 6.45) is 1.60.